The van der Waals surface area contributed by atoms with Crippen molar-refractivity contribution in [3.05, 3.63) is 29.6 Å². The molecule has 1 aliphatic rings. The van der Waals surface area contributed by atoms with E-state index >= 15 is 0 Å². The molecule has 100 valence electrons. The van der Waals surface area contributed by atoms with Crippen LogP contribution in [0.1, 0.15) is 30.5 Å². The van der Waals surface area contributed by atoms with Gasteiger partial charge in [0.1, 0.15) is 0 Å². The van der Waals surface area contributed by atoms with Crippen LogP contribution in [-0.2, 0) is 17.9 Å². The maximum atomic E-state index is 5.66. The maximum absolute atomic E-state index is 5.66. The van der Waals surface area contributed by atoms with Crippen LogP contribution in [0.5, 0.6) is 0 Å². The largest absolute Gasteiger partial charge is 0.374 e. The number of hydrogen-bond acceptors (Lipinski definition) is 4. The zero-order valence-electron chi connectivity index (χ0n) is 11.0. The number of nitrogens with two attached hydrogens (primary N) is 1. The predicted molar refractivity (Wildman–Crippen MR) is 72.1 cm³/mol. The van der Waals surface area contributed by atoms with Gasteiger partial charge in [-0.15, -0.1) is 0 Å². The number of likely N-dealkylation sites (tertiary alicyclic amines) is 1. The Bertz CT molecular complexity index is 333. The first-order valence-electron chi connectivity index (χ1n) is 6.82. The van der Waals surface area contributed by atoms with Gasteiger partial charge >= 0.3 is 0 Å². The van der Waals surface area contributed by atoms with Gasteiger partial charge in [-0.25, -0.2) is 0 Å². The molecule has 1 aromatic heterocycles. The summed E-state index contributed by atoms with van der Waals surface area (Å²) in [6, 6.07) is 4.00. The van der Waals surface area contributed by atoms with Crippen molar-refractivity contribution in [2.45, 2.75) is 32.4 Å². The summed E-state index contributed by atoms with van der Waals surface area (Å²) in [7, 11) is 0. The Balaban J connectivity index is 1.62. The molecule has 1 aliphatic heterocycles. The van der Waals surface area contributed by atoms with Crippen LogP contribution in [0.15, 0.2) is 18.3 Å². The van der Waals surface area contributed by atoms with E-state index in [9.17, 15) is 0 Å². The third-order valence-electron chi connectivity index (χ3n) is 3.37. The molecule has 4 heteroatoms. The van der Waals surface area contributed by atoms with Gasteiger partial charge in [0.2, 0.25) is 0 Å². The minimum atomic E-state index is 0.545. The molecule has 2 heterocycles. The van der Waals surface area contributed by atoms with Crippen LogP contribution in [0.3, 0.4) is 0 Å². The molecule has 0 radical (unpaired) electrons. The van der Waals surface area contributed by atoms with Gasteiger partial charge in [0, 0.05) is 19.3 Å². The maximum Gasteiger partial charge on any atom is 0.0888 e. The molecule has 1 fully saturated rings. The van der Waals surface area contributed by atoms with E-state index in [4.69, 9.17) is 10.5 Å². The molecule has 0 atom stereocenters. The van der Waals surface area contributed by atoms with Gasteiger partial charge in [-0.2, -0.15) is 0 Å². The molecule has 1 saturated heterocycles. The zero-order valence-corrected chi connectivity index (χ0v) is 11.0. The molecule has 0 aromatic carbocycles. The van der Waals surface area contributed by atoms with E-state index in [-0.39, 0.29) is 0 Å². The summed E-state index contributed by atoms with van der Waals surface area (Å²) in [5.74, 6) is 0. The number of ether oxygens (including phenoxy) is 1. The summed E-state index contributed by atoms with van der Waals surface area (Å²) in [5, 5.41) is 0. The second-order valence-electron chi connectivity index (χ2n) is 4.82. The summed E-state index contributed by atoms with van der Waals surface area (Å²) in [5.41, 5.74) is 7.57. The highest BCUT2D eigenvalue weighted by molar-refractivity contribution is 5.13. The average molecular weight is 249 g/mol. The van der Waals surface area contributed by atoms with Crippen LogP contribution in [0.25, 0.3) is 0 Å². The first-order valence-corrected chi connectivity index (χ1v) is 6.82. The van der Waals surface area contributed by atoms with E-state index in [0.29, 0.717) is 13.2 Å². The molecule has 0 bridgehead atoms. The Hall–Kier alpha value is -0.970. The molecule has 0 amide bonds. The van der Waals surface area contributed by atoms with Gasteiger partial charge in [0.05, 0.1) is 18.9 Å². The van der Waals surface area contributed by atoms with Crippen molar-refractivity contribution in [3.63, 3.8) is 0 Å². The van der Waals surface area contributed by atoms with E-state index in [1.807, 2.05) is 18.3 Å². The van der Waals surface area contributed by atoms with Gasteiger partial charge in [-0.1, -0.05) is 12.5 Å². The first kappa shape index (κ1) is 13.5. The monoisotopic (exact) mass is 249 g/mol. The summed E-state index contributed by atoms with van der Waals surface area (Å²) in [6.45, 7) is 5.43. The summed E-state index contributed by atoms with van der Waals surface area (Å²) in [4.78, 5) is 6.80. The lowest BCUT2D eigenvalue weighted by Gasteiger charge is -2.26. The molecule has 18 heavy (non-hydrogen) atoms. The quantitative estimate of drug-likeness (QED) is 0.777. The van der Waals surface area contributed by atoms with Crippen molar-refractivity contribution in [3.8, 4) is 0 Å². The average Bonchev–Trinajstić information content (AvgIpc) is 2.45. The lowest BCUT2D eigenvalue weighted by atomic mass is 10.1. The van der Waals surface area contributed by atoms with Gasteiger partial charge in [0.15, 0.2) is 0 Å². The molecule has 0 unspecified atom stereocenters. The predicted octanol–water partition coefficient (Wildman–Crippen LogP) is 1.54. The standard InChI is InChI=1S/C14H23N3O/c15-10-13-4-5-14(16-11-13)12-18-9-8-17-6-2-1-3-7-17/h4-5,11H,1-3,6-10,12,15H2. The Labute approximate surface area is 109 Å². The molecule has 4 nitrogen and oxygen atoms in total. The number of pyridine rings is 1. The number of aromatic nitrogens is 1. The van der Waals surface area contributed by atoms with Crippen molar-refractivity contribution in [2.75, 3.05) is 26.2 Å². The highest BCUT2D eigenvalue weighted by Gasteiger charge is 2.09. The number of piperidine rings is 1. The van der Waals surface area contributed by atoms with Gasteiger partial charge < -0.3 is 15.4 Å². The third kappa shape index (κ3) is 4.37. The highest BCUT2D eigenvalue weighted by Crippen LogP contribution is 2.08. The second-order valence-corrected chi connectivity index (χ2v) is 4.82. The van der Waals surface area contributed by atoms with Crippen molar-refractivity contribution in [2.24, 2.45) is 5.73 Å². The van der Waals surface area contributed by atoms with Crippen molar-refractivity contribution in [1.29, 1.82) is 0 Å². The fourth-order valence-corrected chi connectivity index (χ4v) is 2.21. The number of hydrogen-bond donors (Lipinski definition) is 1. The molecular weight excluding hydrogens is 226 g/mol. The topological polar surface area (TPSA) is 51.4 Å². The Morgan fingerprint density at radius 3 is 2.72 bits per heavy atom. The van der Waals surface area contributed by atoms with Gasteiger partial charge in [-0.05, 0) is 37.6 Å². The molecule has 2 N–H and O–H groups in total. The van der Waals surface area contributed by atoms with E-state index in [2.05, 4.69) is 9.88 Å². The Kier molecular flexibility index (Phi) is 5.58. The van der Waals surface area contributed by atoms with Crippen molar-refractivity contribution >= 4 is 0 Å². The lowest BCUT2D eigenvalue weighted by Crippen LogP contribution is -2.32. The van der Waals surface area contributed by atoms with Crippen molar-refractivity contribution in [1.82, 2.24) is 9.88 Å². The zero-order chi connectivity index (χ0) is 12.6. The Morgan fingerprint density at radius 2 is 2.06 bits per heavy atom. The number of nitrogens with zero attached hydrogens (tertiary/aromatic N) is 2. The first-order chi connectivity index (χ1) is 8.88. The highest BCUT2D eigenvalue weighted by atomic mass is 16.5. The summed E-state index contributed by atoms with van der Waals surface area (Å²) >= 11 is 0. The minimum Gasteiger partial charge on any atom is -0.374 e. The molecule has 0 aliphatic carbocycles. The number of rotatable bonds is 6. The van der Waals surface area contributed by atoms with Crippen LogP contribution in [0.4, 0.5) is 0 Å². The molecular formula is C14H23N3O. The Morgan fingerprint density at radius 1 is 1.22 bits per heavy atom. The van der Waals surface area contributed by atoms with Gasteiger partial charge in [0.25, 0.3) is 0 Å². The van der Waals surface area contributed by atoms with E-state index in [0.717, 1.165) is 24.4 Å². The molecule has 0 spiro atoms. The van der Waals surface area contributed by atoms with Crippen LogP contribution in [-0.4, -0.2) is 36.1 Å². The smallest absolute Gasteiger partial charge is 0.0888 e. The molecule has 0 saturated carbocycles. The third-order valence-corrected chi connectivity index (χ3v) is 3.37. The van der Waals surface area contributed by atoms with Gasteiger partial charge in [-0.3, -0.25) is 4.98 Å². The fraction of sp³-hybridized carbons (Fsp3) is 0.643. The van der Waals surface area contributed by atoms with Crippen LogP contribution in [0.2, 0.25) is 0 Å². The minimum absolute atomic E-state index is 0.545. The summed E-state index contributed by atoms with van der Waals surface area (Å²) < 4.78 is 5.66. The van der Waals surface area contributed by atoms with Crippen LogP contribution in [0, 0.1) is 0 Å². The fourth-order valence-electron chi connectivity index (χ4n) is 2.21. The SMILES string of the molecule is NCc1ccc(COCCN2CCCCC2)nc1. The van der Waals surface area contributed by atoms with Crippen LogP contribution >= 0.6 is 0 Å². The second kappa shape index (κ2) is 7.46. The van der Waals surface area contributed by atoms with E-state index < -0.39 is 0 Å². The lowest BCUT2D eigenvalue weighted by molar-refractivity contribution is 0.0845. The van der Waals surface area contributed by atoms with E-state index in [1.165, 1.54) is 32.4 Å². The molecule has 1 aromatic rings. The summed E-state index contributed by atoms with van der Waals surface area (Å²) in [6.07, 6.45) is 5.88. The van der Waals surface area contributed by atoms with Crippen LogP contribution < -0.4 is 5.73 Å². The van der Waals surface area contributed by atoms with E-state index in [1.54, 1.807) is 0 Å². The van der Waals surface area contributed by atoms with Crippen molar-refractivity contribution < 1.29 is 4.74 Å². The molecule has 2 rings (SSSR count). The normalized spacial score (nSPS) is 16.9.